The highest BCUT2D eigenvalue weighted by molar-refractivity contribution is 7.89. The van der Waals surface area contributed by atoms with Crippen LogP contribution in [-0.2, 0) is 21.3 Å². The zero-order chi connectivity index (χ0) is 20.3. The van der Waals surface area contributed by atoms with Crippen molar-refractivity contribution in [1.29, 1.82) is 0 Å². The van der Waals surface area contributed by atoms with Crippen LogP contribution in [0.15, 0.2) is 35.4 Å². The van der Waals surface area contributed by atoms with Gasteiger partial charge in [0.15, 0.2) is 0 Å². The first kappa shape index (κ1) is 20.2. The number of nitrogens with zero attached hydrogens (tertiary/aromatic N) is 4. The largest absolute Gasteiger partial charge is 0.477 e. The van der Waals surface area contributed by atoms with Crippen LogP contribution < -0.4 is 4.90 Å². The van der Waals surface area contributed by atoms with Crippen molar-refractivity contribution in [2.75, 3.05) is 38.3 Å². The van der Waals surface area contributed by atoms with Crippen molar-refractivity contribution in [3.63, 3.8) is 0 Å². The van der Waals surface area contributed by atoms with Gasteiger partial charge in [0.2, 0.25) is 10.0 Å². The Morgan fingerprint density at radius 1 is 1.25 bits per heavy atom. The predicted molar refractivity (Wildman–Crippen MR) is 102 cm³/mol. The maximum atomic E-state index is 12.8. The third kappa shape index (κ3) is 4.29. The van der Waals surface area contributed by atoms with Crippen molar-refractivity contribution in [2.24, 2.45) is 0 Å². The Morgan fingerprint density at radius 2 is 1.89 bits per heavy atom. The molecule has 0 saturated carbocycles. The summed E-state index contributed by atoms with van der Waals surface area (Å²) < 4.78 is 32.0. The second kappa shape index (κ2) is 8.21. The second-order valence-corrected chi connectivity index (χ2v) is 8.55. The molecule has 0 spiro atoms. The van der Waals surface area contributed by atoms with Gasteiger partial charge in [-0.25, -0.2) is 23.2 Å². The average molecular weight is 406 g/mol. The third-order valence-corrected chi connectivity index (χ3v) is 6.27. The molecule has 1 aliphatic rings. The van der Waals surface area contributed by atoms with Gasteiger partial charge in [0, 0.05) is 26.3 Å². The first-order chi connectivity index (χ1) is 13.3. The van der Waals surface area contributed by atoms with Crippen LogP contribution >= 0.6 is 0 Å². The number of aromatic nitrogens is 2. The number of aromatic carboxylic acids is 1. The number of carboxylic acids is 1. The average Bonchev–Trinajstić information content (AvgIpc) is 2.68. The fourth-order valence-corrected chi connectivity index (χ4v) is 3.95. The first-order valence-corrected chi connectivity index (χ1v) is 10.2. The van der Waals surface area contributed by atoms with Crippen LogP contribution in [0.4, 0.5) is 5.82 Å². The summed E-state index contributed by atoms with van der Waals surface area (Å²) in [5.74, 6) is -0.625. The first-order valence-electron chi connectivity index (χ1n) is 8.74. The maximum Gasteiger partial charge on any atom is 0.341 e. The van der Waals surface area contributed by atoms with E-state index in [0.29, 0.717) is 26.3 Å². The normalized spacial score (nSPS) is 15.0. The van der Waals surface area contributed by atoms with Crippen LogP contribution in [0.3, 0.4) is 0 Å². The van der Waals surface area contributed by atoms with Crippen molar-refractivity contribution in [3.05, 3.63) is 47.4 Å². The number of morpholine rings is 1. The van der Waals surface area contributed by atoms with Crippen LogP contribution in [0.2, 0.25) is 0 Å². The van der Waals surface area contributed by atoms with E-state index in [1.165, 1.54) is 13.2 Å². The molecule has 0 atom stereocenters. The SMILES string of the molecule is Cc1ccc(S(=O)(=O)N(C)Cc2ncc(C(=O)O)c(N3CCOCC3)n2)cc1. The lowest BCUT2D eigenvalue weighted by molar-refractivity contribution is 0.0695. The van der Waals surface area contributed by atoms with Gasteiger partial charge in [0.25, 0.3) is 0 Å². The summed E-state index contributed by atoms with van der Waals surface area (Å²) in [6.45, 7) is 3.77. The number of carboxylic acid groups (broad SMARTS) is 1. The molecule has 1 fully saturated rings. The molecule has 10 heteroatoms. The summed E-state index contributed by atoms with van der Waals surface area (Å²) in [6, 6.07) is 6.56. The molecule has 0 unspecified atom stereocenters. The quantitative estimate of drug-likeness (QED) is 0.760. The highest BCUT2D eigenvalue weighted by atomic mass is 32.2. The van der Waals surface area contributed by atoms with Crippen LogP contribution in [0.1, 0.15) is 21.7 Å². The van der Waals surface area contributed by atoms with E-state index in [2.05, 4.69) is 9.97 Å². The number of hydrogen-bond acceptors (Lipinski definition) is 7. The highest BCUT2D eigenvalue weighted by Gasteiger charge is 2.25. The molecule has 0 bridgehead atoms. The monoisotopic (exact) mass is 406 g/mol. The maximum absolute atomic E-state index is 12.8. The van der Waals surface area contributed by atoms with Gasteiger partial charge in [-0.15, -0.1) is 0 Å². The zero-order valence-electron chi connectivity index (χ0n) is 15.7. The van der Waals surface area contributed by atoms with Gasteiger partial charge < -0.3 is 14.7 Å². The van der Waals surface area contributed by atoms with E-state index < -0.39 is 16.0 Å². The summed E-state index contributed by atoms with van der Waals surface area (Å²) in [5, 5.41) is 9.43. The number of carbonyl (C=O) groups is 1. The van der Waals surface area contributed by atoms with E-state index in [1.807, 2.05) is 11.8 Å². The van der Waals surface area contributed by atoms with E-state index >= 15 is 0 Å². The molecule has 9 nitrogen and oxygen atoms in total. The summed E-state index contributed by atoms with van der Waals surface area (Å²) >= 11 is 0. The van der Waals surface area contributed by atoms with Gasteiger partial charge in [0.1, 0.15) is 17.2 Å². The molecule has 2 aromatic rings. The van der Waals surface area contributed by atoms with Gasteiger partial charge in [0.05, 0.1) is 24.7 Å². The number of ether oxygens (including phenoxy) is 1. The van der Waals surface area contributed by atoms with E-state index in [4.69, 9.17) is 4.74 Å². The molecular weight excluding hydrogens is 384 g/mol. The number of hydrogen-bond donors (Lipinski definition) is 1. The van der Waals surface area contributed by atoms with Crippen molar-refractivity contribution in [2.45, 2.75) is 18.4 Å². The summed E-state index contributed by atoms with van der Waals surface area (Å²) in [4.78, 5) is 21.9. The van der Waals surface area contributed by atoms with Crippen molar-refractivity contribution >= 4 is 21.8 Å². The van der Waals surface area contributed by atoms with E-state index in [-0.39, 0.29) is 28.6 Å². The topological polar surface area (TPSA) is 113 Å². The van der Waals surface area contributed by atoms with Crippen LogP contribution in [0, 0.1) is 6.92 Å². The zero-order valence-corrected chi connectivity index (χ0v) is 16.5. The molecule has 1 saturated heterocycles. The Hall–Kier alpha value is -2.56. The molecule has 1 aliphatic heterocycles. The lowest BCUT2D eigenvalue weighted by atomic mass is 10.2. The van der Waals surface area contributed by atoms with Crippen LogP contribution in [-0.4, -0.2) is 67.1 Å². The molecule has 3 rings (SSSR count). The smallest absolute Gasteiger partial charge is 0.341 e. The Labute approximate surface area is 163 Å². The molecule has 1 aromatic carbocycles. The van der Waals surface area contributed by atoms with E-state index in [1.54, 1.807) is 24.3 Å². The molecule has 28 heavy (non-hydrogen) atoms. The predicted octanol–water partition coefficient (Wildman–Crippen LogP) is 1.14. The third-order valence-electron chi connectivity index (χ3n) is 4.45. The molecule has 1 aromatic heterocycles. The standard InChI is InChI=1S/C18H22N4O5S/c1-13-3-5-14(6-4-13)28(25,26)21(2)12-16-19-11-15(18(23)24)17(20-16)22-7-9-27-10-8-22/h3-6,11H,7-10,12H2,1-2H3,(H,23,24). The summed E-state index contributed by atoms with van der Waals surface area (Å²) in [6.07, 6.45) is 1.22. The van der Waals surface area contributed by atoms with Gasteiger partial charge in [-0.05, 0) is 19.1 Å². The molecular formula is C18H22N4O5S. The number of rotatable bonds is 6. The Bertz CT molecular complexity index is 956. The van der Waals surface area contributed by atoms with E-state index in [0.717, 1.165) is 9.87 Å². The Morgan fingerprint density at radius 3 is 2.50 bits per heavy atom. The minimum absolute atomic E-state index is 0.0188. The fourth-order valence-electron chi connectivity index (χ4n) is 2.83. The van der Waals surface area contributed by atoms with Crippen LogP contribution in [0.25, 0.3) is 0 Å². The lowest BCUT2D eigenvalue weighted by Crippen LogP contribution is -2.38. The van der Waals surface area contributed by atoms with Crippen LogP contribution in [0.5, 0.6) is 0 Å². The van der Waals surface area contributed by atoms with E-state index in [9.17, 15) is 18.3 Å². The number of sulfonamides is 1. The molecule has 2 heterocycles. The molecule has 0 aliphatic carbocycles. The number of benzene rings is 1. The Balaban J connectivity index is 1.87. The number of anilines is 1. The molecule has 150 valence electrons. The van der Waals surface area contributed by atoms with Gasteiger partial charge in [-0.1, -0.05) is 17.7 Å². The minimum Gasteiger partial charge on any atom is -0.477 e. The van der Waals surface area contributed by atoms with Crippen molar-refractivity contribution in [3.8, 4) is 0 Å². The van der Waals surface area contributed by atoms with Gasteiger partial charge in [-0.2, -0.15) is 4.31 Å². The second-order valence-electron chi connectivity index (χ2n) is 6.50. The van der Waals surface area contributed by atoms with Gasteiger partial charge >= 0.3 is 5.97 Å². The summed E-state index contributed by atoms with van der Waals surface area (Å²) in [5.41, 5.74) is 0.944. The molecule has 1 N–H and O–H groups in total. The Kier molecular flexibility index (Phi) is 5.92. The lowest BCUT2D eigenvalue weighted by Gasteiger charge is -2.29. The summed E-state index contributed by atoms with van der Waals surface area (Å²) in [7, 11) is -2.27. The van der Waals surface area contributed by atoms with Gasteiger partial charge in [-0.3, -0.25) is 0 Å². The fraction of sp³-hybridized carbons (Fsp3) is 0.389. The van der Waals surface area contributed by atoms with Crippen molar-refractivity contribution in [1.82, 2.24) is 14.3 Å². The molecule has 0 amide bonds. The highest BCUT2D eigenvalue weighted by Crippen LogP contribution is 2.21. The minimum atomic E-state index is -3.71. The molecule has 0 radical (unpaired) electrons. The number of aryl methyl sites for hydroxylation is 1. The van der Waals surface area contributed by atoms with Crippen molar-refractivity contribution < 1.29 is 23.1 Å².